The van der Waals surface area contributed by atoms with Crippen molar-refractivity contribution in [1.29, 1.82) is 0 Å². The van der Waals surface area contributed by atoms with E-state index >= 15 is 0 Å². The summed E-state index contributed by atoms with van der Waals surface area (Å²) >= 11 is 4.38. The number of benzene rings is 3. The van der Waals surface area contributed by atoms with Gasteiger partial charge in [0.2, 0.25) is 0 Å². The summed E-state index contributed by atoms with van der Waals surface area (Å²) in [5, 5.41) is 14.3. The highest BCUT2D eigenvalue weighted by Crippen LogP contribution is 2.37. The maximum Gasteiger partial charge on any atom is 0.412 e. The Morgan fingerprint density at radius 1 is 1.00 bits per heavy atom. The molecule has 12 heteroatoms. The first-order valence-corrected chi connectivity index (χ1v) is 13.3. The molecule has 0 radical (unpaired) electrons. The van der Waals surface area contributed by atoms with E-state index in [-0.39, 0.29) is 15.5 Å². The molecule has 0 bridgehead atoms. The van der Waals surface area contributed by atoms with E-state index in [0.29, 0.717) is 16.3 Å². The molecule has 3 aromatic rings. The Hall–Kier alpha value is -3.09. The second kappa shape index (κ2) is 10.7. The van der Waals surface area contributed by atoms with Crippen LogP contribution in [0.5, 0.6) is 0 Å². The van der Waals surface area contributed by atoms with E-state index in [1.54, 1.807) is 69.3 Å². The lowest BCUT2D eigenvalue weighted by Gasteiger charge is -2.19. The fourth-order valence-corrected chi connectivity index (χ4v) is 5.02. The third-order valence-corrected chi connectivity index (χ3v) is 7.24. The number of carbonyl (C=O) groups excluding carboxylic acids is 1. The van der Waals surface area contributed by atoms with Gasteiger partial charge in [-0.05, 0) is 81.4 Å². The van der Waals surface area contributed by atoms with Crippen molar-refractivity contribution >= 4 is 60.9 Å². The van der Waals surface area contributed by atoms with Gasteiger partial charge in [0.05, 0.1) is 14.7 Å². The van der Waals surface area contributed by atoms with Crippen molar-refractivity contribution in [3.05, 3.63) is 81.3 Å². The zero-order valence-corrected chi connectivity index (χ0v) is 22.2. The van der Waals surface area contributed by atoms with E-state index in [4.69, 9.17) is 4.74 Å². The number of nitro benzene ring substituents is 1. The van der Waals surface area contributed by atoms with Crippen LogP contribution in [0.25, 0.3) is 0 Å². The molecule has 2 N–H and O–H groups in total. The average Bonchev–Trinajstić information content (AvgIpc) is 2.75. The van der Waals surface area contributed by atoms with Crippen LogP contribution < -0.4 is 10.0 Å². The van der Waals surface area contributed by atoms with Crippen molar-refractivity contribution in [2.75, 3.05) is 10.0 Å². The fourth-order valence-electron chi connectivity index (χ4n) is 2.78. The highest BCUT2D eigenvalue weighted by atomic mass is 79.9. The summed E-state index contributed by atoms with van der Waals surface area (Å²) in [5.41, 5.74) is -0.149. The number of nitrogens with zero attached hydrogens (tertiary/aromatic N) is 1. The molecule has 184 valence electrons. The normalized spacial score (nSPS) is 11.5. The van der Waals surface area contributed by atoms with Gasteiger partial charge in [-0.2, -0.15) is 0 Å². The first-order valence-electron chi connectivity index (χ1n) is 10.2. The van der Waals surface area contributed by atoms with Crippen LogP contribution in [0, 0.1) is 10.1 Å². The SMILES string of the molecule is CC(C)(C)OC(=O)Nc1ccc(Sc2ccc(S(=O)(=O)Nc3ccc(Br)cc3)cc2[N+](=O)[O-])cc1. The van der Waals surface area contributed by atoms with Gasteiger partial charge in [0, 0.05) is 26.8 Å². The highest BCUT2D eigenvalue weighted by molar-refractivity contribution is 9.10. The van der Waals surface area contributed by atoms with E-state index in [1.165, 1.54) is 12.1 Å². The molecule has 0 heterocycles. The van der Waals surface area contributed by atoms with Crippen LogP contribution in [0.3, 0.4) is 0 Å². The molecular formula is C23H22BrN3O6S2. The van der Waals surface area contributed by atoms with Crippen molar-refractivity contribution in [2.24, 2.45) is 0 Å². The Balaban J connectivity index is 1.77. The summed E-state index contributed by atoms with van der Waals surface area (Å²) in [6.07, 6.45) is -0.595. The topological polar surface area (TPSA) is 128 Å². The first-order chi connectivity index (χ1) is 16.3. The Labute approximate surface area is 215 Å². The first kappa shape index (κ1) is 26.5. The number of nitro groups is 1. The third kappa shape index (κ3) is 7.70. The maximum absolute atomic E-state index is 12.7. The minimum Gasteiger partial charge on any atom is -0.444 e. The predicted molar refractivity (Wildman–Crippen MR) is 138 cm³/mol. The van der Waals surface area contributed by atoms with Crippen LogP contribution >= 0.6 is 27.7 Å². The van der Waals surface area contributed by atoms with Crippen molar-refractivity contribution in [2.45, 2.75) is 41.1 Å². The van der Waals surface area contributed by atoms with Gasteiger partial charge in [0.1, 0.15) is 5.60 Å². The lowest BCUT2D eigenvalue weighted by Crippen LogP contribution is -2.27. The molecule has 35 heavy (non-hydrogen) atoms. The molecule has 0 atom stereocenters. The van der Waals surface area contributed by atoms with E-state index in [1.807, 2.05) is 0 Å². The van der Waals surface area contributed by atoms with Gasteiger partial charge in [0.25, 0.3) is 15.7 Å². The number of ether oxygens (including phenoxy) is 1. The molecule has 0 aliphatic rings. The number of carbonyl (C=O) groups is 1. The van der Waals surface area contributed by atoms with Gasteiger partial charge in [-0.3, -0.25) is 20.2 Å². The minimum atomic E-state index is -4.03. The van der Waals surface area contributed by atoms with E-state index in [9.17, 15) is 23.3 Å². The molecule has 9 nitrogen and oxygen atoms in total. The van der Waals surface area contributed by atoms with Gasteiger partial charge in [-0.25, -0.2) is 13.2 Å². The predicted octanol–water partition coefficient (Wildman–Crippen LogP) is 6.66. The standard InChI is InChI=1S/C23H22BrN3O6S2/c1-23(2,3)33-22(28)25-16-8-10-18(11-9-16)34-21-13-12-19(14-20(21)27(29)30)35(31,32)26-17-6-4-15(24)5-7-17/h4-14,26H,1-3H3,(H,25,28). The largest absolute Gasteiger partial charge is 0.444 e. The summed E-state index contributed by atoms with van der Waals surface area (Å²) in [7, 11) is -4.03. The summed E-state index contributed by atoms with van der Waals surface area (Å²) in [6, 6.07) is 16.9. The lowest BCUT2D eigenvalue weighted by molar-refractivity contribution is -0.388. The molecule has 3 rings (SSSR count). The Bertz CT molecular complexity index is 1340. The number of hydrogen-bond acceptors (Lipinski definition) is 7. The number of halogens is 1. The van der Waals surface area contributed by atoms with Crippen molar-refractivity contribution in [3.8, 4) is 0 Å². The third-order valence-electron chi connectivity index (χ3n) is 4.26. The Morgan fingerprint density at radius 3 is 2.17 bits per heavy atom. The van der Waals surface area contributed by atoms with Gasteiger partial charge < -0.3 is 4.74 Å². The van der Waals surface area contributed by atoms with E-state index in [2.05, 4.69) is 26.0 Å². The number of sulfonamides is 1. The van der Waals surface area contributed by atoms with E-state index in [0.717, 1.165) is 22.3 Å². The molecular weight excluding hydrogens is 558 g/mol. The molecule has 0 saturated heterocycles. The number of hydrogen-bond donors (Lipinski definition) is 2. The number of rotatable bonds is 7. The van der Waals surface area contributed by atoms with Gasteiger partial charge in [-0.15, -0.1) is 0 Å². The quantitative estimate of drug-likeness (QED) is 0.236. The monoisotopic (exact) mass is 579 g/mol. The molecule has 0 fully saturated rings. The molecule has 0 aliphatic heterocycles. The molecule has 0 aromatic heterocycles. The molecule has 0 spiro atoms. The number of anilines is 2. The molecule has 3 aromatic carbocycles. The average molecular weight is 580 g/mol. The van der Waals surface area contributed by atoms with Crippen LogP contribution in [-0.4, -0.2) is 25.0 Å². The van der Waals surface area contributed by atoms with Crippen LogP contribution in [0.4, 0.5) is 21.9 Å². The van der Waals surface area contributed by atoms with Crippen molar-refractivity contribution < 1.29 is 22.9 Å². The van der Waals surface area contributed by atoms with Crippen LogP contribution in [0.1, 0.15) is 20.8 Å². The van der Waals surface area contributed by atoms with Gasteiger partial charge in [-0.1, -0.05) is 27.7 Å². The molecule has 0 unspecified atom stereocenters. The van der Waals surface area contributed by atoms with Gasteiger partial charge in [0.15, 0.2) is 0 Å². The zero-order valence-electron chi connectivity index (χ0n) is 18.9. The van der Waals surface area contributed by atoms with Crippen LogP contribution in [-0.2, 0) is 14.8 Å². The second-order valence-electron chi connectivity index (χ2n) is 8.25. The molecule has 0 saturated carbocycles. The zero-order chi connectivity index (χ0) is 25.8. The summed E-state index contributed by atoms with van der Waals surface area (Å²) in [4.78, 5) is 23.7. The minimum absolute atomic E-state index is 0.228. The smallest absolute Gasteiger partial charge is 0.412 e. The molecule has 0 aliphatic carbocycles. The second-order valence-corrected chi connectivity index (χ2v) is 12.0. The summed E-state index contributed by atoms with van der Waals surface area (Å²) in [5.74, 6) is 0. The van der Waals surface area contributed by atoms with Crippen LogP contribution in [0.15, 0.2) is 85.9 Å². The van der Waals surface area contributed by atoms with E-state index < -0.39 is 26.6 Å². The maximum atomic E-state index is 12.7. The summed E-state index contributed by atoms with van der Waals surface area (Å²) < 4.78 is 33.9. The number of nitrogens with one attached hydrogen (secondary N) is 2. The van der Waals surface area contributed by atoms with Gasteiger partial charge >= 0.3 is 6.09 Å². The number of amides is 1. The summed E-state index contributed by atoms with van der Waals surface area (Å²) in [6.45, 7) is 5.27. The highest BCUT2D eigenvalue weighted by Gasteiger charge is 2.22. The Kier molecular flexibility index (Phi) is 8.08. The molecule has 1 amide bonds. The van der Waals surface area contributed by atoms with Crippen molar-refractivity contribution in [3.63, 3.8) is 0 Å². The fraction of sp³-hybridized carbons (Fsp3) is 0.174. The lowest BCUT2D eigenvalue weighted by atomic mass is 10.2. The Morgan fingerprint density at radius 2 is 1.60 bits per heavy atom. The van der Waals surface area contributed by atoms with Crippen molar-refractivity contribution in [1.82, 2.24) is 0 Å². The van der Waals surface area contributed by atoms with Crippen LogP contribution in [0.2, 0.25) is 0 Å².